The normalized spacial score (nSPS) is 22.8. The van der Waals surface area contributed by atoms with Gasteiger partial charge < -0.3 is 102 Å². The Labute approximate surface area is 539 Å². The van der Waals surface area contributed by atoms with E-state index in [1.165, 1.54) is 13.8 Å². The number of carbonyl (C=O) groups excluding carboxylic acids is 11. The van der Waals surface area contributed by atoms with Gasteiger partial charge in [-0.2, -0.15) is 0 Å². The molecule has 0 aromatic rings. The van der Waals surface area contributed by atoms with Gasteiger partial charge in [-0.25, -0.2) is 8.42 Å². The van der Waals surface area contributed by atoms with Crippen LogP contribution in [0.5, 0.6) is 0 Å². The third-order valence-corrected chi connectivity index (χ3v) is 14.1. The van der Waals surface area contributed by atoms with Crippen LogP contribution in [-0.2, 0) is 62.9 Å². The van der Waals surface area contributed by atoms with Gasteiger partial charge >= 0.3 is 29.6 Å². The zero-order valence-electron chi connectivity index (χ0n) is 53.0. The van der Waals surface area contributed by atoms with Crippen molar-refractivity contribution in [3.8, 4) is 0 Å². The third-order valence-electron chi connectivity index (χ3n) is 14.1. The zero-order valence-corrected chi connectivity index (χ0v) is 55.8. The van der Waals surface area contributed by atoms with Crippen molar-refractivity contribution < 1.29 is 105 Å². The van der Waals surface area contributed by atoms with Crippen LogP contribution in [-0.4, -0.2) is 206 Å². The number of amides is 11. The molecule has 1 unspecified atom stereocenters. The Morgan fingerprint density at radius 2 is 1.03 bits per heavy atom. The molecule has 32 nitrogen and oxygen atoms in total. The number of rotatable bonds is 29. The molecule has 0 saturated carbocycles. The molecule has 502 valence electrons. The average molecular weight is 1290 g/mol. The Morgan fingerprint density at radius 1 is 0.580 bits per heavy atom. The first-order valence-corrected chi connectivity index (χ1v) is 31.6. The van der Waals surface area contributed by atoms with Gasteiger partial charge in [0.25, 0.3) is 0 Å². The predicted molar refractivity (Wildman–Crippen MR) is 321 cm³/mol. The molecule has 1 aliphatic rings. The fraction of sp³-hybridized carbons (Fsp3) is 0.796. The quantitative estimate of drug-likeness (QED) is 0.0188. The van der Waals surface area contributed by atoms with Crippen molar-refractivity contribution in [2.45, 2.75) is 211 Å². The number of hydrogen-bond acceptors (Lipinski definition) is 21. The van der Waals surface area contributed by atoms with Crippen LogP contribution < -0.4 is 117 Å². The Hall–Kier alpha value is -5.20. The maximum Gasteiger partial charge on any atom is 1.00 e. The molecule has 23 N–H and O–H groups in total. The van der Waals surface area contributed by atoms with E-state index in [1.807, 2.05) is 0 Å². The smallest absolute Gasteiger partial charge is 0.748 e. The molecule has 1 rings (SSSR count). The van der Waals surface area contributed by atoms with Gasteiger partial charge in [0.15, 0.2) is 0 Å². The van der Waals surface area contributed by atoms with Gasteiger partial charge in [0, 0.05) is 19.2 Å². The summed E-state index contributed by atoms with van der Waals surface area (Å²) >= 11 is 0. The van der Waals surface area contributed by atoms with Crippen LogP contribution in [0.3, 0.4) is 0 Å². The van der Waals surface area contributed by atoms with Gasteiger partial charge in [0.05, 0.1) is 22.3 Å². The summed E-state index contributed by atoms with van der Waals surface area (Å²) < 4.78 is 27.2. The minimum absolute atomic E-state index is 0. The molecule has 0 bridgehead atoms. The molecule has 0 aromatic heterocycles. The average Bonchev–Trinajstić information content (AvgIpc) is 3.55. The Kier molecular flexibility index (Phi) is 43.5. The van der Waals surface area contributed by atoms with Gasteiger partial charge in [-0.1, -0.05) is 67.2 Å². The van der Waals surface area contributed by atoms with E-state index in [9.17, 15) is 63.0 Å². The first-order valence-electron chi connectivity index (χ1n) is 29.8. The summed E-state index contributed by atoms with van der Waals surface area (Å²) in [6.07, 6.45) is 0.138. The van der Waals surface area contributed by atoms with Gasteiger partial charge in [-0.15, -0.1) is 0 Å². The fourth-order valence-electron chi connectivity index (χ4n) is 8.73. The Bertz CT molecular complexity index is 2320. The molecule has 1 saturated heterocycles. The molecule has 0 aliphatic carbocycles. The zero-order chi connectivity index (χ0) is 66.7. The molecule has 0 spiro atoms. The van der Waals surface area contributed by atoms with Gasteiger partial charge in [-0.05, 0) is 116 Å². The second kappa shape index (κ2) is 45.1. The SMILES string of the molecule is CCC(C)CCCCC(=O)N[C@@H](CCN)C(=O)N[C@H](C(=O)N[C@@H](CCN)C(=O)N[C@H]1CCNC(=O)[C@H]([C@@H](C)O)NC(=O)[C@H](CCN)NC(=O)[C@H](CCN)NC(=O)[C@H](CC(C)C)NC(=O)[C@@H]([C@@H](C)CC)NC(=O)[C@H](CCN)NC1=O)[C@@H](C)O.CS(=O)(=O)[O-].[Na+]. The standard InChI is InChI=1S/C53H100N16O13.CH4O3S.Na/c1-9-29(5)13-11-12-14-40(72)60-33(15-21-54)47(76)69-43(32(8)71)53(82)65-35(17-23-56)45(74)64-38-20-26-59-51(80)42(31(7)70)68-49(78)37(19-25-58)61-44(73)34(16-22-55)63-50(79)39(27-28(3)4)66-52(81)41(30(6)10-2)67-48(77)36(18-24-57)62-46(38)75;1-5(2,3)4;/h28-39,41-43,70-71H,9-27,54-58H2,1-8H3,(H,59,80)(H,60,72)(H,61,73)(H,62,75)(H,63,79)(H,64,74)(H,65,82)(H,66,81)(H,67,77)(H,68,78)(H,69,76);1H3,(H,2,3,4);/q;;+1/p-1/t29?,30-,31+,32+,33-,34-,35-,36-,37-,38-,39-,41+,42-,43-;;/m0../s1. The monoisotopic (exact) mass is 1290 g/mol. The van der Waals surface area contributed by atoms with Gasteiger partial charge in [0.2, 0.25) is 65.0 Å². The van der Waals surface area contributed by atoms with Gasteiger partial charge in [-0.3, -0.25) is 52.7 Å². The van der Waals surface area contributed by atoms with E-state index < -0.39 is 167 Å². The van der Waals surface area contributed by atoms with Crippen molar-refractivity contribution in [1.29, 1.82) is 0 Å². The van der Waals surface area contributed by atoms with E-state index in [2.05, 4.69) is 72.3 Å². The van der Waals surface area contributed by atoms with Crippen LogP contribution >= 0.6 is 0 Å². The molecule has 14 atom stereocenters. The number of hydrogen-bond donors (Lipinski definition) is 18. The second-order valence-corrected chi connectivity index (χ2v) is 23.8. The van der Waals surface area contributed by atoms with Crippen molar-refractivity contribution in [3.05, 3.63) is 0 Å². The molecular weight excluding hydrogens is 1180 g/mol. The van der Waals surface area contributed by atoms with E-state index in [4.69, 9.17) is 41.6 Å². The minimum Gasteiger partial charge on any atom is -0.748 e. The number of unbranched alkanes of at least 4 members (excludes halogenated alkanes) is 1. The summed E-state index contributed by atoms with van der Waals surface area (Å²) in [5.41, 5.74) is 29.2. The van der Waals surface area contributed by atoms with Crippen LogP contribution in [0, 0.1) is 17.8 Å². The maximum absolute atomic E-state index is 14.4. The largest absolute Gasteiger partial charge is 1.00 e. The second-order valence-electron chi connectivity index (χ2n) is 22.4. The number of carbonyl (C=O) groups is 11. The van der Waals surface area contributed by atoms with Crippen LogP contribution in [0.25, 0.3) is 0 Å². The molecule has 11 amide bonds. The van der Waals surface area contributed by atoms with Crippen molar-refractivity contribution in [3.63, 3.8) is 0 Å². The summed E-state index contributed by atoms with van der Waals surface area (Å²) in [6.45, 7) is 12.5. The fourth-order valence-corrected chi connectivity index (χ4v) is 8.73. The Morgan fingerprint density at radius 3 is 1.48 bits per heavy atom. The van der Waals surface area contributed by atoms with Crippen LogP contribution in [0.2, 0.25) is 0 Å². The molecular formula is C54H103N16NaO16S. The molecule has 34 heteroatoms. The number of nitrogens with one attached hydrogen (secondary N) is 11. The third kappa shape index (κ3) is 34.1. The van der Waals surface area contributed by atoms with Crippen LogP contribution in [0.4, 0.5) is 0 Å². The molecule has 0 radical (unpaired) electrons. The molecule has 0 aromatic carbocycles. The maximum atomic E-state index is 14.4. The molecule has 1 fully saturated rings. The van der Waals surface area contributed by atoms with Gasteiger partial charge in [0.1, 0.15) is 60.4 Å². The van der Waals surface area contributed by atoms with Crippen LogP contribution in [0.15, 0.2) is 0 Å². The minimum atomic E-state index is -3.92. The number of aliphatic hydroxyl groups excluding tert-OH is 2. The number of nitrogens with two attached hydrogens (primary N) is 5. The summed E-state index contributed by atoms with van der Waals surface area (Å²) in [7, 11) is -3.92. The summed E-state index contributed by atoms with van der Waals surface area (Å²) in [4.78, 5) is 153. The first kappa shape index (κ1) is 84.9. The van der Waals surface area contributed by atoms with E-state index >= 15 is 0 Å². The number of aliphatic hydroxyl groups is 2. The Balaban J connectivity index is 0. The van der Waals surface area contributed by atoms with E-state index in [0.717, 1.165) is 19.3 Å². The first-order chi connectivity index (χ1) is 40.7. The van der Waals surface area contributed by atoms with E-state index in [0.29, 0.717) is 25.0 Å². The topological polar surface area (TPSA) is 548 Å². The molecule has 1 heterocycles. The van der Waals surface area contributed by atoms with E-state index in [-0.39, 0.29) is 113 Å². The van der Waals surface area contributed by atoms with Crippen LogP contribution in [0.1, 0.15) is 139 Å². The summed E-state index contributed by atoms with van der Waals surface area (Å²) in [5, 5.41) is 49.6. The molecule has 88 heavy (non-hydrogen) atoms. The molecule has 1 aliphatic heterocycles. The van der Waals surface area contributed by atoms with Crippen molar-refractivity contribution in [2.75, 3.05) is 45.5 Å². The van der Waals surface area contributed by atoms with Crippen molar-refractivity contribution in [1.82, 2.24) is 58.5 Å². The van der Waals surface area contributed by atoms with Crippen molar-refractivity contribution in [2.24, 2.45) is 46.4 Å². The predicted octanol–water partition coefficient (Wildman–Crippen LogP) is -9.28. The summed E-state index contributed by atoms with van der Waals surface area (Å²) in [5.74, 6) is -9.84. The summed E-state index contributed by atoms with van der Waals surface area (Å²) in [6, 6.07) is -14.5. The van der Waals surface area contributed by atoms with E-state index in [1.54, 1.807) is 27.7 Å². The van der Waals surface area contributed by atoms with Crippen molar-refractivity contribution >= 4 is 75.1 Å².